The second kappa shape index (κ2) is 7.22. The van der Waals surface area contributed by atoms with Gasteiger partial charge in [-0.2, -0.15) is 0 Å². The van der Waals surface area contributed by atoms with Gasteiger partial charge < -0.3 is 14.2 Å². The lowest BCUT2D eigenvalue weighted by molar-refractivity contribution is -0.162. The van der Waals surface area contributed by atoms with Crippen molar-refractivity contribution in [2.45, 2.75) is 102 Å². The van der Waals surface area contributed by atoms with Gasteiger partial charge in [0.1, 0.15) is 11.6 Å². The molecule has 5 nitrogen and oxygen atoms in total. The quantitative estimate of drug-likeness (QED) is 0.678. The fourth-order valence-electron chi connectivity index (χ4n) is 4.00. The highest BCUT2D eigenvalue weighted by Gasteiger charge is 2.39. The number of ether oxygens (including phenoxy) is 3. The number of hydrogen-bond acceptors (Lipinski definition) is 5. The fraction of sp³-hybridized carbons (Fsp3) is 0.895. The average Bonchev–Trinajstić information content (AvgIpc) is 3.11. The largest absolute Gasteiger partial charge is 0.372 e. The second-order valence-electron chi connectivity index (χ2n) is 8.07. The summed E-state index contributed by atoms with van der Waals surface area (Å²) in [5, 5.41) is 0. The molecule has 4 unspecified atom stereocenters. The summed E-state index contributed by atoms with van der Waals surface area (Å²) in [6, 6.07) is 0. The maximum Gasteiger partial charge on any atom is 0.166 e. The molecule has 3 aliphatic heterocycles. The molecule has 5 heteroatoms. The van der Waals surface area contributed by atoms with Crippen molar-refractivity contribution in [2.24, 2.45) is 0 Å². The van der Waals surface area contributed by atoms with E-state index in [1.165, 1.54) is 0 Å². The van der Waals surface area contributed by atoms with Crippen LogP contribution >= 0.6 is 0 Å². The van der Waals surface area contributed by atoms with Crippen molar-refractivity contribution >= 4 is 11.6 Å². The number of carbonyl (C=O) groups is 2. The Kier molecular flexibility index (Phi) is 5.42. The number of carbonyl (C=O) groups excluding carboxylic acids is 2. The lowest BCUT2D eigenvalue weighted by atomic mass is 9.93. The molecule has 3 heterocycles. The number of Topliss-reactive ketones (excluding diaryl/α,β-unsaturated/α-hetero) is 2. The van der Waals surface area contributed by atoms with Gasteiger partial charge in [-0.25, -0.2) is 0 Å². The Hall–Kier alpha value is -0.780. The first kappa shape index (κ1) is 18.0. The predicted octanol–water partition coefficient (Wildman–Crippen LogP) is 3.33. The van der Waals surface area contributed by atoms with Crippen LogP contribution in [0.1, 0.15) is 78.1 Å². The summed E-state index contributed by atoms with van der Waals surface area (Å²) in [6.07, 6.45) is 7.05. The second-order valence-corrected chi connectivity index (χ2v) is 8.07. The van der Waals surface area contributed by atoms with Crippen LogP contribution in [0.3, 0.4) is 0 Å². The van der Waals surface area contributed by atoms with E-state index in [2.05, 4.69) is 6.92 Å². The van der Waals surface area contributed by atoms with E-state index in [0.29, 0.717) is 45.1 Å². The highest BCUT2D eigenvalue weighted by molar-refractivity contribution is 5.78. The SMILES string of the molecule is CC12CCC(=O)CCC3COC(C)(CCC(=O)CCC(CC1)O2)O3. The van der Waals surface area contributed by atoms with Crippen molar-refractivity contribution in [1.82, 2.24) is 0 Å². The smallest absolute Gasteiger partial charge is 0.166 e. The molecule has 3 saturated heterocycles. The van der Waals surface area contributed by atoms with Gasteiger partial charge in [0.25, 0.3) is 0 Å². The van der Waals surface area contributed by atoms with Gasteiger partial charge in [0.15, 0.2) is 5.79 Å². The number of hydrogen-bond donors (Lipinski definition) is 0. The molecule has 136 valence electrons. The van der Waals surface area contributed by atoms with Crippen LogP contribution in [0.5, 0.6) is 0 Å². The van der Waals surface area contributed by atoms with Crippen LogP contribution in [-0.4, -0.2) is 41.8 Å². The average molecular weight is 338 g/mol. The minimum absolute atomic E-state index is 0.0374. The van der Waals surface area contributed by atoms with E-state index >= 15 is 0 Å². The van der Waals surface area contributed by atoms with Crippen molar-refractivity contribution in [1.29, 1.82) is 0 Å². The molecule has 0 aromatic carbocycles. The molecule has 0 saturated carbocycles. The molecule has 4 bridgehead atoms. The van der Waals surface area contributed by atoms with Crippen LogP contribution in [0.15, 0.2) is 0 Å². The molecule has 0 aliphatic carbocycles. The standard InChI is InChI=1S/C19H30O5/c1-18-10-7-14(20)4-6-17-13-22-19(2,24-17)12-8-15(21)3-5-16(23-18)9-11-18/h16-17H,3-13H2,1-2H3. The molecule has 0 aromatic rings. The molecule has 0 amide bonds. The molecular weight excluding hydrogens is 308 g/mol. The van der Waals surface area contributed by atoms with Crippen LogP contribution in [0.2, 0.25) is 0 Å². The number of ketones is 2. The van der Waals surface area contributed by atoms with E-state index in [9.17, 15) is 9.59 Å². The number of fused-ring (bicyclic) bond motifs is 4. The summed E-state index contributed by atoms with van der Waals surface area (Å²) >= 11 is 0. The van der Waals surface area contributed by atoms with Gasteiger partial charge in [0.2, 0.25) is 0 Å². The van der Waals surface area contributed by atoms with E-state index < -0.39 is 5.79 Å². The van der Waals surface area contributed by atoms with Crippen molar-refractivity contribution in [2.75, 3.05) is 6.61 Å². The molecule has 0 radical (unpaired) electrons. The van der Waals surface area contributed by atoms with Crippen molar-refractivity contribution in [3.63, 3.8) is 0 Å². The first-order valence-electron chi connectivity index (χ1n) is 9.39. The lowest BCUT2D eigenvalue weighted by Crippen LogP contribution is -2.29. The van der Waals surface area contributed by atoms with Crippen molar-refractivity contribution in [3.05, 3.63) is 0 Å². The summed E-state index contributed by atoms with van der Waals surface area (Å²) in [7, 11) is 0. The summed E-state index contributed by atoms with van der Waals surface area (Å²) < 4.78 is 17.9. The van der Waals surface area contributed by atoms with Gasteiger partial charge in [0, 0.05) is 32.1 Å². The molecule has 3 fully saturated rings. The zero-order chi connectivity index (χ0) is 17.2. The monoisotopic (exact) mass is 338 g/mol. The normalized spacial score (nSPS) is 42.4. The minimum Gasteiger partial charge on any atom is -0.372 e. The van der Waals surface area contributed by atoms with E-state index in [4.69, 9.17) is 14.2 Å². The van der Waals surface area contributed by atoms with Gasteiger partial charge in [0.05, 0.1) is 24.4 Å². The Morgan fingerprint density at radius 3 is 2.21 bits per heavy atom. The van der Waals surface area contributed by atoms with Crippen molar-refractivity contribution < 1.29 is 23.8 Å². The van der Waals surface area contributed by atoms with E-state index in [1.54, 1.807) is 0 Å². The van der Waals surface area contributed by atoms with Gasteiger partial charge in [-0.15, -0.1) is 0 Å². The molecule has 24 heavy (non-hydrogen) atoms. The summed E-state index contributed by atoms with van der Waals surface area (Å²) in [5.74, 6) is -0.142. The van der Waals surface area contributed by atoms with Crippen LogP contribution < -0.4 is 0 Å². The van der Waals surface area contributed by atoms with E-state index in [1.807, 2.05) is 6.92 Å². The van der Waals surface area contributed by atoms with Crippen LogP contribution in [0.4, 0.5) is 0 Å². The molecule has 3 rings (SSSR count). The molecule has 0 N–H and O–H groups in total. The first-order chi connectivity index (χ1) is 11.4. The maximum atomic E-state index is 12.2. The van der Waals surface area contributed by atoms with Gasteiger partial charge >= 0.3 is 0 Å². The molecule has 0 aromatic heterocycles. The zero-order valence-corrected chi connectivity index (χ0v) is 15.0. The molecule has 0 spiro atoms. The Bertz CT molecular complexity index is 446. The Balaban J connectivity index is 1.63. The number of rotatable bonds is 0. The third kappa shape index (κ3) is 4.64. The predicted molar refractivity (Wildman–Crippen MR) is 88.7 cm³/mol. The minimum atomic E-state index is -0.678. The van der Waals surface area contributed by atoms with Gasteiger partial charge in [-0.3, -0.25) is 9.59 Å². The van der Waals surface area contributed by atoms with Crippen LogP contribution in [-0.2, 0) is 23.8 Å². The van der Waals surface area contributed by atoms with Crippen molar-refractivity contribution in [3.8, 4) is 0 Å². The molecule has 4 atom stereocenters. The van der Waals surface area contributed by atoms with Crippen LogP contribution in [0, 0.1) is 0 Å². The maximum absolute atomic E-state index is 12.2. The lowest BCUT2D eigenvalue weighted by Gasteiger charge is -2.25. The van der Waals surface area contributed by atoms with Gasteiger partial charge in [-0.1, -0.05) is 0 Å². The molecule has 3 aliphatic rings. The highest BCUT2D eigenvalue weighted by atomic mass is 16.7. The van der Waals surface area contributed by atoms with E-state index in [-0.39, 0.29) is 29.4 Å². The zero-order valence-electron chi connectivity index (χ0n) is 15.0. The fourth-order valence-corrected chi connectivity index (χ4v) is 4.00. The topological polar surface area (TPSA) is 61.8 Å². The van der Waals surface area contributed by atoms with Gasteiger partial charge in [-0.05, 0) is 46.0 Å². The third-order valence-electron chi connectivity index (χ3n) is 5.72. The Morgan fingerprint density at radius 2 is 1.46 bits per heavy atom. The van der Waals surface area contributed by atoms with Crippen LogP contribution in [0.25, 0.3) is 0 Å². The Labute approximate surface area is 144 Å². The first-order valence-corrected chi connectivity index (χ1v) is 9.39. The summed E-state index contributed by atoms with van der Waals surface area (Å²) in [4.78, 5) is 24.4. The van der Waals surface area contributed by atoms with E-state index in [0.717, 1.165) is 25.7 Å². The Morgan fingerprint density at radius 1 is 0.792 bits per heavy atom. The third-order valence-corrected chi connectivity index (χ3v) is 5.72. The highest BCUT2D eigenvalue weighted by Crippen LogP contribution is 2.36. The summed E-state index contributed by atoms with van der Waals surface area (Å²) in [5.41, 5.74) is -0.202. The summed E-state index contributed by atoms with van der Waals surface area (Å²) in [6.45, 7) is 4.52. The molecular formula is C19H30O5.